The van der Waals surface area contributed by atoms with Gasteiger partial charge in [0.1, 0.15) is 11.5 Å². The lowest BCUT2D eigenvalue weighted by Crippen LogP contribution is -2.30. The van der Waals surface area contributed by atoms with E-state index in [1.165, 1.54) is 19.1 Å². The molecule has 0 spiro atoms. The maximum Gasteiger partial charge on any atom is 0.302 e. The summed E-state index contributed by atoms with van der Waals surface area (Å²) in [6, 6.07) is 16.7. The second-order valence-corrected chi connectivity index (χ2v) is 9.56. The Labute approximate surface area is 225 Å². The molecule has 1 amide bonds. The number of aliphatic hydroxyl groups is 1. The number of imidazole rings is 1. The third kappa shape index (κ3) is 4.67. The largest absolute Gasteiger partial charge is 0.507 e. The van der Waals surface area contributed by atoms with Gasteiger partial charge in [0.2, 0.25) is 5.95 Å². The van der Waals surface area contributed by atoms with Crippen LogP contribution in [0.15, 0.2) is 66.2 Å². The van der Waals surface area contributed by atoms with E-state index in [0.29, 0.717) is 39.4 Å². The van der Waals surface area contributed by atoms with Crippen molar-refractivity contribution in [3.05, 3.63) is 82.9 Å². The quantitative estimate of drug-likeness (QED) is 0.190. The van der Waals surface area contributed by atoms with Gasteiger partial charge in [-0.3, -0.25) is 14.5 Å². The number of rotatable bonds is 7. The molecule has 4 aromatic rings. The zero-order valence-electron chi connectivity index (χ0n) is 22.3. The number of ketones is 1. The van der Waals surface area contributed by atoms with Crippen LogP contribution in [0.25, 0.3) is 16.8 Å². The molecule has 39 heavy (non-hydrogen) atoms. The second-order valence-electron chi connectivity index (χ2n) is 9.56. The first kappa shape index (κ1) is 25.8. The van der Waals surface area contributed by atoms with Crippen LogP contribution in [0.5, 0.6) is 17.2 Å². The maximum absolute atomic E-state index is 13.6. The molecule has 0 bridgehead atoms. The molecule has 9 heteroatoms. The molecule has 1 fully saturated rings. The van der Waals surface area contributed by atoms with Crippen LogP contribution in [0.2, 0.25) is 0 Å². The van der Waals surface area contributed by atoms with Crippen LogP contribution < -0.4 is 19.1 Å². The van der Waals surface area contributed by atoms with Crippen molar-refractivity contribution in [2.24, 2.45) is 0 Å². The molecule has 9 nitrogen and oxygen atoms in total. The molecule has 1 aromatic heterocycles. The monoisotopic (exact) mass is 527 g/mol. The lowest BCUT2D eigenvalue weighted by atomic mass is 9.94. The lowest BCUT2D eigenvalue weighted by molar-refractivity contribution is -0.132. The third-order valence-corrected chi connectivity index (χ3v) is 6.48. The predicted molar refractivity (Wildman–Crippen MR) is 147 cm³/mol. The van der Waals surface area contributed by atoms with E-state index in [4.69, 9.17) is 14.2 Å². The summed E-state index contributed by atoms with van der Waals surface area (Å²) in [4.78, 5) is 36.1. The topological polar surface area (TPSA) is 114 Å². The number of aryl methyl sites for hydroxylation is 1. The molecule has 0 saturated carbocycles. The first-order valence-corrected chi connectivity index (χ1v) is 12.5. The maximum atomic E-state index is 13.6. The van der Waals surface area contributed by atoms with Crippen molar-refractivity contribution in [1.82, 2.24) is 9.97 Å². The zero-order chi connectivity index (χ0) is 27.8. The molecular weight excluding hydrogens is 498 g/mol. The van der Waals surface area contributed by atoms with Gasteiger partial charge < -0.3 is 24.3 Å². The first-order chi connectivity index (χ1) is 18.7. The molecule has 1 aliphatic rings. The van der Waals surface area contributed by atoms with Crippen molar-refractivity contribution in [2.45, 2.75) is 32.9 Å². The summed E-state index contributed by atoms with van der Waals surface area (Å²) < 4.78 is 16.6. The van der Waals surface area contributed by atoms with Crippen LogP contribution in [0.3, 0.4) is 0 Å². The van der Waals surface area contributed by atoms with E-state index < -0.39 is 17.7 Å². The molecule has 0 aliphatic carbocycles. The molecule has 1 saturated heterocycles. The highest BCUT2D eigenvalue weighted by Crippen LogP contribution is 2.43. The number of carbonyl (C=O) groups excluding carboxylic acids is 2. The van der Waals surface area contributed by atoms with Crippen molar-refractivity contribution < 1.29 is 28.9 Å². The van der Waals surface area contributed by atoms with Crippen LogP contribution in [0.1, 0.15) is 36.6 Å². The number of hydrogen-bond donors (Lipinski definition) is 2. The van der Waals surface area contributed by atoms with Gasteiger partial charge in [-0.15, -0.1) is 0 Å². The van der Waals surface area contributed by atoms with Crippen LogP contribution in [-0.2, 0) is 9.59 Å². The fourth-order valence-electron chi connectivity index (χ4n) is 4.79. The molecule has 2 heterocycles. The van der Waals surface area contributed by atoms with Gasteiger partial charge in [-0.05, 0) is 38.5 Å². The van der Waals surface area contributed by atoms with Crippen molar-refractivity contribution in [2.75, 3.05) is 19.1 Å². The number of aromatic nitrogens is 2. The summed E-state index contributed by atoms with van der Waals surface area (Å²) >= 11 is 0. The average Bonchev–Trinajstić information content (AvgIpc) is 3.44. The van der Waals surface area contributed by atoms with E-state index in [-0.39, 0.29) is 23.4 Å². The average molecular weight is 528 g/mol. The molecule has 200 valence electrons. The van der Waals surface area contributed by atoms with E-state index in [1.807, 2.05) is 45.0 Å². The number of Topliss-reactive ketones (excluding diaryl/α,β-unsaturated/α-hetero) is 1. The minimum atomic E-state index is -0.927. The minimum absolute atomic E-state index is 0.0390. The van der Waals surface area contributed by atoms with Crippen LogP contribution >= 0.6 is 0 Å². The fraction of sp³-hybridized carbons (Fsp3) is 0.233. The van der Waals surface area contributed by atoms with Gasteiger partial charge in [-0.2, -0.15) is 0 Å². The number of H-pyrrole nitrogens is 1. The van der Waals surface area contributed by atoms with Crippen molar-refractivity contribution in [1.29, 1.82) is 0 Å². The Kier molecular flexibility index (Phi) is 6.74. The van der Waals surface area contributed by atoms with Crippen molar-refractivity contribution in [3.63, 3.8) is 0 Å². The van der Waals surface area contributed by atoms with Gasteiger partial charge in [0.25, 0.3) is 5.78 Å². The highest BCUT2D eigenvalue weighted by atomic mass is 16.5. The van der Waals surface area contributed by atoms with E-state index in [1.54, 1.807) is 36.4 Å². The van der Waals surface area contributed by atoms with E-state index in [9.17, 15) is 14.7 Å². The Bertz CT molecular complexity index is 1580. The van der Waals surface area contributed by atoms with Gasteiger partial charge in [-0.25, -0.2) is 4.98 Å². The number of aromatic amines is 1. The Balaban J connectivity index is 1.70. The van der Waals surface area contributed by atoms with Crippen molar-refractivity contribution >= 4 is 34.4 Å². The Morgan fingerprint density at radius 3 is 2.41 bits per heavy atom. The zero-order valence-corrected chi connectivity index (χ0v) is 22.3. The number of hydrogen-bond acceptors (Lipinski definition) is 7. The summed E-state index contributed by atoms with van der Waals surface area (Å²) in [6.07, 6.45) is -0.0781. The molecule has 2 N–H and O–H groups in total. The first-order valence-electron chi connectivity index (χ1n) is 12.5. The number of anilines is 1. The molecule has 0 radical (unpaired) electrons. The van der Waals surface area contributed by atoms with E-state index in [2.05, 4.69) is 9.97 Å². The molecule has 1 atom stereocenters. The van der Waals surface area contributed by atoms with E-state index >= 15 is 0 Å². The fourth-order valence-corrected chi connectivity index (χ4v) is 4.79. The minimum Gasteiger partial charge on any atom is -0.507 e. The summed E-state index contributed by atoms with van der Waals surface area (Å²) in [5.74, 6) is -0.262. The van der Waals surface area contributed by atoms with Gasteiger partial charge >= 0.3 is 5.91 Å². The van der Waals surface area contributed by atoms with Crippen LogP contribution in [0, 0.1) is 6.92 Å². The van der Waals surface area contributed by atoms with Crippen LogP contribution in [-0.4, -0.2) is 47.1 Å². The smallest absolute Gasteiger partial charge is 0.302 e. The molecular formula is C30H29N3O6. The highest BCUT2D eigenvalue weighted by molar-refractivity contribution is 6.51. The van der Waals surface area contributed by atoms with Gasteiger partial charge in [0.05, 0.1) is 43.0 Å². The van der Waals surface area contributed by atoms with Gasteiger partial charge in [0.15, 0.2) is 11.5 Å². The third-order valence-electron chi connectivity index (χ3n) is 6.48. The van der Waals surface area contributed by atoms with Crippen LogP contribution in [0.4, 0.5) is 5.95 Å². The highest BCUT2D eigenvalue weighted by Gasteiger charge is 2.48. The number of nitrogens with one attached hydrogen (secondary N) is 1. The lowest BCUT2D eigenvalue weighted by Gasteiger charge is -2.23. The Morgan fingerprint density at radius 1 is 1.00 bits per heavy atom. The number of nitrogens with zero attached hydrogens (tertiary/aromatic N) is 2. The summed E-state index contributed by atoms with van der Waals surface area (Å²) in [6.45, 7) is 5.71. The Hall–Kier alpha value is -4.79. The predicted octanol–water partition coefficient (Wildman–Crippen LogP) is 5.30. The number of benzene rings is 3. The number of methoxy groups -OCH3 is 2. The van der Waals surface area contributed by atoms with E-state index in [0.717, 1.165) is 5.56 Å². The summed E-state index contributed by atoms with van der Waals surface area (Å²) in [5.41, 5.74) is 3.02. The second kappa shape index (κ2) is 10.2. The molecule has 3 aromatic carbocycles. The molecule has 1 unspecified atom stereocenters. The number of carbonyl (C=O) groups is 2. The number of aliphatic hydroxyl groups excluding tert-OH is 1. The standard InChI is InChI=1S/C30H29N3O6/c1-16(2)39-20-11-7-10-19(13-20)27(34)25-26(18-9-6-8-17(3)12-18)33(29(36)28(25)35)30-31-21-14-23(37-4)24(38-5)15-22(21)32-30/h6-16,26,34H,1-5H3,(H,31,32)/b27-25+. The van der Waals surface area contributed by atoms with Gasteiger partial charge in [-0.1, -0.05) is 42.0 Å². The SMILES string of the molecule is COc1cc2nc(N3C(=O)C(=O)/C(=C(/O)c4cccc(OC(C)C)c4)C3c3cccc(C)c3)[nH]c2cc1OC. The van der Waals surface area contributed by atoms with Gasteiger partial charge in [0, 0.05) is 17.7 Å². The number of ether oxygens (including phenoxy) is 3. The number of amides is 1. The summed E-state index contributed by atoms with van der Waals surface area (Å²) in [5, 5.41) is 11.5. The number of fused-ring (bicyclic) bond motifs is 1. The summed E-state index contributed by atoms with van der Waals surface area (Å²) in [7, 11) is 3.05. The normalized spacial score (nSPS) is 16.8. The molecule has 5 rings (SSSR count). The van der Waals surface area contributed by atoms with Crippen molar-refractivity contribution in [3.8, 4) is 17.2 Å². The molecule has 1 aliphatic heterocycles. The Morgan fingerprint density at radius 2 is 1.72 bits per heavy atom.